The molecule has 0 bridgehead atoms. The summed E-state index contributed by atoms with van der Waals surface area (Å²) in [5.74, 6) is -2.68. The second-order valence-electron chi connectivity index (χ2n) is 4.26. The van der Waals surface area contributed by atoms with Crippen molar-refractivity contribution in [1.82, 2.24) is 0 Å². The van der Waals surface area contributed by atoms with E-state index in [0.29, 0.717) is 0 Å². The first-order valence-electron chi connectivity index (χ1n) is 6.04. The highest BCUT2D eigenvalue weighted by Crippen LogP contribution is 2.21. The SMILES string of the molecule is Cc1ccsc1/C=C/C(=O)Nc1c(F)cccc1C(=O)O. The van der Waals surface area contributed by atoms with Crippen molar-refractivity contribution in [3.63, 3.8) is 0 Å². The van der Waals surface area contributed by atoms with Crippen LogP contribution in [0.3, 0.4) is 0 Å². The lowest BCUT2D eigenvalue weighted by molar-refractivity contribution is -0.111. The fourth-order valence-electron chi connectivity index (χ4n) is 1.70. The Morgan fingerprint density at radius 3 is 2.71 bits per heavy atom. The molecule has 0 aliphatic rings. The number of amides is 1. The molecular formula is C15H12FNO3S. The second kappa shape index (κ2) is 6.32. The second-order valence-corrected chi connectivity index (χ2v) is 5.21. The molecule has 2 N–H and O–H groups in total. The van der Waals surface area contributed by atoms with Crippen LogP contribution in [0.15, 0.2) is 35.7 Å². The molecule has 21 heavy (non-hydrogen) atoms. The van der Waals surface area contributed by atoms with Crippen molar-refractivity contribution in [3.05, 3.63) is 57.5 Å². The summed E-state index contributed by atoms with van der Waals surface area (Å²) < 4.78 is 13.6. The third-order valence-electron chi connectivity index (χ3n) is 2.78. The number of nitrogens with one attached hydrogen (secondary N) is 1. The van der Waals surface area contributed by atoms with Crippen LogP contribution in [-0.2, 0) is 4.79 Å². The number of benzene rings is 1. The van der Waals surface area contributed by atoms with Crippen LogP contribution >= 0.6 is 11.3 Å². The van der Waals surface area contributed by atoms with E-state index in [0.717, 1.165) is 16.5 Å². The zero-order valence-corrected chi connectivity index (χ0v) is 11.9. The Bertz CT molecular complexity index is 721. The van der Waals surface area contributed by atoms with Crippen molar-refractivity contribution in [1.29, 1.82) is 0 Å². The van der Waals surface area contributed by atoms with E-state index in [4.69, 9.17) is 5.11 Å². The summed E-state index contributed by atoms with van der Waals surface area (Å²) in [6.07, 6.45) is 2.85. The van der Waals surface area contributed by atoms with Crippen LogP contribution in [-0.4, -0.2) is 17.0 Å². The number of anilines is 1. The van der Waals surface area contributed by atoms with Crippen LogP contribution in [0, 0.1) is 12.7 Å². The first-order chi connectivity index (χ1) is 9.99. The molecule has 1 heterocycles. The summed E-state index contributed by atoms with van der Waals surface area (Å²) in [6, 6.07) is 5.52. The van der Waals surface area contributed by atoms with E-state index in [1.807, 2.05) is 18.4 Å². The van der Waals surface area contributed by atoms with E-state index in [9.17, 15) is 14.0 Å². The number of hydrogen-bond acceptors (Lipinski definition) is 3. The van der Waals surface area contributed by atoms with E-state index in [1.54, 1.807) is 6.08 Å². The Balaban J connectivity index is 2.19. The highest BCUT2D eigenvalue weighted by molar-refractivity contribution is 7.11. The number of carboxylic acids is 1. The van der Waals surface area contributed by atoms with Crippen molar-refractivity contribution in [2.24, 2.45) is 0 Å². The highest BCUT2D eigenvalue weighted by atomic mass is 32.1. The Hall–Kier alpha value is -2.47. The van der Waals surface area contributed by atoms with Gasteiger partial charge in [-0.05, 0) is 42.1 Å². The lowest BCUT2D eigenvalue weighted by Gasteiger charge is -2.07. The predicted molar refractivity (Wildman–Crippen MR) is 80.1 cm³/mol. The molecule has 0 saturated carbocycles. The molecule has 0 fully saturated rings. The number of para-hydroxylation sites is 1. The number of aryl methyl sites for hydroxylation is 1. The monoisotopic (exact) mass is 305 g/mol. The summed E-state index contributed by atoms with van der Waals surface area (Å²) in [4.78, 5) is 23.7. The smallest absolute Gasteiger partial charge is 0.337 e. The third kappa shape index (κ3) is 3.55. The van der Waals surface area contributed by atoms with Crippen molar-refractivity contribution < 1.29 is 19.1 Å². The number of hydrogen-bond donors (Lipinski definition) is 2. The fourth-order valence-corrected chi connectivity index (χ4v) is 2.52. The zero-order chi connectivity index (χ0) is 15.4. The maximum absolute atomic E-state index is 13.6. The summed E-state index contributed by atoms with van der Waals surface area (Å²) in [7, 11) is 0. The number of halogens is 1. The number of carboxylic acid groups (broad SMARTS) is 1. The molecule has 0 spiro atoms. The Morgan fingerprint density at radius 2 is 2.10 bits per heavy atom. The van der Waals surface area contributed by atoms with Gasteiger partial charge < -0.3 is 10.4 Å². The quantitative estimate of drug-likeness (QED) is 0.849. The summed E-state index contributed by atoms with van der Waals surface area (Å²) >= 11 is 1.47. The van der Waals surface area contributed by atoms with E-state index in [2.05, 4.69) is 5.32 Å². The summed E-state index contributed by atoms with van der Waals surface area (Å²) in [6.45, 7) is 1.91. The van der Waals surface area contributed by atoms with Gasteiger partial charge in [-0.3, -0.25) is 4.79 Å². The molecule has 0 unspecified atom stereocenters. The Labute approximate surface area is 124 Å². The van der Waals surface area contributed by atoms with E-state index < -0.39 is 17.7 Å². The molecule has 108 valence electrons. The summed E-state index contributed by atoms with van der Waals surface area (Å²) in [5, 5.41) is 13.1. The van der Waals surface area contributed by atoms with Gasteiger partial charge in [-0.25, -0.2) is 9.18 Å². The van der Waals surface area contributed by atoms with Gasteiger partial charge in [0.15, 0.2) is 0 Å². The van der Waals surface area contributed by atoms with Gasteiger partial charge in [-0.2, -0.15) is 0 Å². The molecule has 1 aromatic carbocycles. The molecule has 0 atom stereocenters. The number of carbonyl (C=O) groups excluding carboxylic acids is 1. The number of thiophene rings is 1. The number of carbonyl (C=O) groups is 2. The van der Waals surface area contributed by atoms with E-state index >= 15 is 0 Å². The molecule has 2 aromatic rings. The topological polar surface area (TPSA) is 66.4 Å². The average molecular weight is 305 g/mol. The normalized spacial score (nSPS) is 10.8. The van der Waals surface area contributed by atoms with Crippen molar-refractivity contribution in [2.45, 2.75) is 6.92 Å². The molecule has 0 aliphatic heterocycles. The highest BCUT2D eigenvalue weighted by Gasteiger charge is 2.15. The van der Waals surface area contributed by atoms with Gasteiger partial charge in [-0.1, -0.05) is 6.07 Å². The minimum atomic E-state index is -1.30. The minimum absolute atomic E-state index is 0.288. The fraction of sp³-hybridized carbons (Fsp3) is 0.0667. The Kier molecular flexibility index (Phi) is 4.49. The average Bonchev–Trinajstić information content (AvgIpc) is 2.84. The maximum atomic E-state index is 13.6. The van der Waals surface area contributed by atoms with Crippen molar-refractivity contribution >= 4 is 35.0 Å². The minimum Gasteiger partial charge on any atom is -0.478 e. The summed E-state index contributed by atoms with van der Waals surface area (Å²) in [5.41, 5.74) is 0.410. The predicted octanol–water partition coefficient (Wildman–Crippen LogP) is 3.55. The van der Waals surface area contributed by atoms with Gasteiger partial charge in [0.25, 0.3) is 0 Å². The van der Waals surface area contributed by atoms with Crippen molar-refractivity contribution in [3.8, 4) is 0 Å². The first-order valence-corrected chi connectivity index (χ1v) is 6.92. The zero-order valence-electron chi connectivity index (χ0n) is 11.1. The largest absolute Gasteiger partial charge is 0.478 e. The van der Waals surface area contributed by atoms with Crippen LogP contribution in [0.5, 0.6) is 0 Å². The number of aromatic carboxylic acids is 1. The van der Waals surface area contributed by atoms with E-state index in [-0.39, 0.29) is 11.3 Å². The molecule has 2 rings (SSSR count). The molecule has 1 aromatic heterocycles. The molecule has 1 amide bonds. The number of rotatable bonds is 4. The molecule has 4 nitrogen and oxygen atoms in total. The van der Waals surface area contributed by atoms with Gasteiger partial charge in [0.1, 0.15) is 5.82 Å². The van der Waals surface area contributed by atoms with Crippen LogP contribution in [0.1, 0.15) is 20.8 Å². The van der Waals surface area contributed by atoms with Crippen molar-refractivity contribution in [2.75, 3.05) is 5.32 Å². The standard InChI is InChI=1S/C15H12FNO3S/c1-9-7-8-21-12(9)5-6-13(18)17-14-10(15(19)20)3-2-4-11(14)16/h2-8H,1H3,(H,17,18)(H,19,20)/b6-5+. The molecule has 6 heteroatoms. The lowest BCUT2D eigenvalue weighted by atomic mass is 10.1. The lowest BCUT2D eigenvalue weighted by Crippen LogP contribution is -2.13. The van der Waals surface area contributed by atoms with Gasteiger partial charge >= 0.3 is 5.97 Å². The molecule has 0 radical (unpaired) electrons. The maximum Gasteiger partial charge on any atom is 0.337 e. The molecular weight excluding hydrogens is 293 g/mol. The van der Waals surface area contributed by atoms with Crippen LogP contribution in [0.2, 0.25) is 0 Å². The van der Waals surface area contributed by atoms with Crippen LogP contribution in [0.25, 0.3) is 6.08 Å². The van der Waals surface area contributed by atoms with Gasteiger partial charge in [0.05, 0.1) is 11.3 Å². The molecule has 0 aliphatic carbocycles. The van der Waals surface area contributed by atoms with Gasteiger partial charge in [0, 0.05) is 11.0 Å². The van der Waals surface area contributed by atoms with Crippen LogP contribution < -0.4 is 5.32 Å². The Morgan fingerprint density at radius 1 is 1.33 bits per heavy atom. The molecule has 0 saturated heterocycles. The third-order valence-corrected chi connectivity index (χ3v) is 3.76. The van der Waals surface area contributed by atoms with Crippen LogP contribution in [0.4, 0.5) is 10.1 Å². The van der Waals surface area contributed by atoms with Gasteiger partial charge in [-0.15, -0.1) is 11.3 Å². The van der Waals surface area contributed by atoms with E-state index in [1.165, 1.54) is 29.5 Å². The van der Waals surface area contributed by atoms with Gasteiger partial charge in [0.2, 0.25) is 5.91 Å². The first kappa shape index (κ1) is 14.9.